The molecule has 6 nitrogen and oxygen atoms in total. The van der Waals surface area contributed by atoms with Crippen LogP contribution in [0.5, 0.6) is 0 Å². The van der Waals surface area contributed by atoms with Crippen LogP contribution in [0.1, 0.15) is 361 Å². The van der Waals surface area contributed by atoms with E-state index in [1.54, 1.807) is 0 Å². The van der Waals surface area contributed by atoms with Gasteiger partial charge in [0.1, 0.15) is 13.2 Å². The van der Waals surface area contributed by atoms with Crippen LogP contribution in [0.3, 0.4) is 0 Å². The van der Waals surface area contributed by atoms with Crippen molar-refractivity contribution in [3.8, 4) is 0 Å². The average Bonchev–Trinajstić information content (AvgIpc) is 3.42. The van der Waals surface area contributed by atoms with Crippen LogP contribution < -0.4 is 0 Å². The Labute approximate surface area is 473 Å². The first kappa shape index (κ1) is 73.4. The van der Waals surface area contributed by atoms with Crippen LogP contribution in [-0.4, -0.2) is 37.2 Å². The Balaban J connectivity index is 4.27. The van der Waals surface area contributed by atoms with Crippen LogP contribution >= 0.6 is 0 Å². The number of ether oxygens (including phenoxy) is 3. The van der Waals surface area contributed by atoms with Crippen LogP contribution in [0.2, 0.25) is 0 Å². The van der Waals surface area contributed by atoms with Crippen molar-refractivity contribution < 1.29 is 28.6 Å². The minimum absolute atomic E-state index is 0.0899. The first-order valence-corrected chi connectivity index (χ1v) is 33.6. The monoisotopic (exact) mass is 1060 g/mol. The molecule has 0 aliphatic rings. The normalized spacial score (nSPS) is 12.3. The largest absolute Gasteiger partial charge is 0.462 e. The second-order valence-electron chi connectivity index (χ2n) is 22.7. The lowest BCUT2D eigenvalue weighted by atomic mass is 10.0. The Morgan fingerprint density at radius 1 is 0.276 bits per heavy atom. The van der Waals surface area contributed by atoms with Gasteiger partial charge in [-0.1, -0.05) is 345 Å². The van der Waals surface area contributed by atoms with E-state index in [0.29, 0.717) is 19.3 Å². The van der Waals surface area contributed by atoms with Gasteiger partial charge in [0.2, 0.25) is 0 Å². The fourth-order valence-corrected chi connectivity index (χ4v) is 10.1. The minimum Gasteiger partial charge on any atom is -0.462 e. The summed E-state index contributed by atoms with van der Waals surface area (Å²) in [6.07, 6.45) is 81.6. The number of carbonyl (C=O) groups is 3. The quantitative estimate of drug-likeness (QED) is 0.0261. The highest BCUT2D eigenvalue weighted by Crippen LogP contribution is 2.18. The fourth-order valence-electron chi connectivity index (χ4n) is 10.1. The smallest absolute Gasteiger partial charge is 0.306 e. The van der Waals surface area contributed by atoms with Crippen molar-refractivity contribution in [3.05, 3.63) is 48.6 Å². The van der Waals surface area contributed by atoms with E-state index in [9.17, 15) is 14.4 Å². The zero-order valence-electron chi connectivity index (χ0n) is 51.0. The van der Waals surface area contributed by atoms with Crippen LogP contribution in [0.25, 0.3) is 0 Å². The number of esters is 3. The highest BCUT2D eigenvalue weighted by Gasteiger charge is 2.19. The molecular formula is C70H128O6. The molecule has 0 heterocycles. The number of allylic oxidation sites excluding steroid dienone is 8. The number of hydrogen-bond acceptors (Lipinski definition) is 6. The lowest BCUT2D eigenvalue weighted by Gasteiger charge is -2.18. The lowest BCUT2D eigenvalue weighted by Crippen LogP contribution is -2.30. The molecule has 0 radical (unpaired) electrons. The molecule has 0 N–H and O–H groups in total. The maximum Gasteiger partial charge on any atom is 0.306 e. The number of unbranched alkanes of at least 4 members (excludes halogenated alkanes) is 43. The summed E-state index contributed by atoms with van der Waals surface area (Å²) in [5.41, 5.74) is 0. The van der Waals surface area contributed by atoms with Crippen molar-refractivity contribution in [2.24, 2.45) is 0 Å². The predicted octanol–water partition coefficient (Wildman–Crippen LogP) is 22.9. The zero-order chi connectivity index (χ0) is 55.0. The van der Waals surface area contributed by atoms with Crippen molar-refractivity contribution in [2.75, 3.05) is 13.2 Å². The molecule has 0 aromatic rings. The summed E-state index contributed by atoms with van der Waals surface area (Å²) < 4.78 is 16.9. The van der Waals surface area contributed by atoms with Gasteiger partial charge in [0.25, 0.3) is 0 Å². The SMILES string of the molecule is CC/C=C\C/C=C\C/C=C\C/C=C\CCC(=O)OCC(COC(=O)CCCCCCCCCCCCCCCCCCCCCCCCCC)OC(=O)CCCCCCCCCCCCCCCCCCCCCCC. The maximum atomic E-state index is 12.9. The van der Waals surface area contributed by atoms with Crippen LogP contribution in [0, 0.1) is 0 Å². The minimum atomic E-state index is -0.799. The maximum absolute atomic E-state index is 12.9. The molecule has 0 amide bonds. The van der Waals surface area contributed by atoms with Crippen molar-refractivity contribution >= 4 is 17.9 Å². The molecule has 444 valence electrons. The standard InChI is InChI=1S/C70H128O6/c1-4-7-10-13-16-19-22-25-27-29-31-33-34-35-37-38-40-42-45-48-51-54-57-60-63-69(72)75-66-67(65-74-68(71)62-59-56-53-50-47-44-24-21-18-15-12-9-6-3)76-70(73)64-61-58-55-52-49-46-43-41-39-36-32-30-28-26-23-20-17-14-11-8-5-2/h9,12,18,21,44,47,53,56,67H,4-8,10-11,13-17,19-20,22-43,45-46,48-52,54-55,57-66H2,1-3H3/b12-9-,21-18-,47-44-,56-53-. The molecule has 0 aromatic carbocycles. The first-order valence-electron chi connectivity index (χ1n) is 33.6. The lowest BCUT2D eigenvalue weighted by molar-refractivity contribution is -0.166. The molecule has 1 atom stereocenters. The van der Waals surface area contributed by atoms with Gasteiger partial charge in [0.15, 0.2) is 6.10 Å². The molecular weight excluding hydrogens is 937 g/mol. The summed E-state index contributed by atoms with van der Waals surface area (Å²) in [6, 6.07) is 0. The molecule has 6 heteroatoms. The highest BCUT2D eigenvalue weighted by atomic mass is 16.6. The van der Waals surface area contributed by atoms with Crippen molar-refractivity contribution in [2.45, 2.75) is 367 Å². The van der Waals surface area contributed by atoms with Gasteiger partial charge in [-0.2, -0.15) is 0 Å². The van der Waals surface area contributed by atoms with E-state index in [1.807, 2.05) is 6.08 Å². The highest BCUT2D eigenvalue weighted by molar-refractivity contribution is 5.71. The van der Waals surface area contributed by atoms with E-state index in [2.05, 4.69) is 63.3 Å². The molecule has 0 aromatic heterocycles. The van der Waals surface area contributed by atoms with Gasteiger partial charge in [-0.15, -0.1) is 0 Å². The molecule has 0 aliphatic carbocycles. The number of hydrogen-bond donors (Lipinski definition) is 0. The summed E-state index contributed by atoms with van der Waals surface area (Å²) in [5, 5.41) is 0. The Bertz CT molecular complexity index is 1310. The van der Waals surface area contributed by atoms with Crippen LogP contribution in [-0.2, 0) is 28.6 Å². The fraction of sp³-hybridized carbons (Fsp3) is 0.843. The average molecular weight is 1070 g/mol. The van der Waals surface area contributed by atoms with E-state index in [0.717, 1.165) is 64.2 Å². The summed E-state index contributed by atoms with van der Waals surface area (Å²) in [4.78, 5) is 38.3. The van der Waals surface area contributed by atoms with E-state index >= 15 is 0 Å². The first-order chi connectivity index (χ1) is 37.5. The Hall–Kier alpha value is -2.63. The van der Waals surface area contributed by atoms with Crippen LogP contribution in [0.4, 0.5) is 0 Å². The summed E-state index contributed by atoms with van der Waals surface area (Å²) >= 11 is 0. The van der Waals surface area contributed by atoms with Gasteiger partial charge in [0.05, 0.1) is 0 Å². The molecule has 0 fully saturated rings. The summed E-state index contributed by atoms with van der Waals surface area (Å²) in [6.45, 7) is 6.53. The third-order valence-corrected chi connectivity index (χ3v) is 15.1. The Morgan fingerprint density at radius 3 is 0.803 bits per heavy atom. The van der Waals surface area contributed by atoms with Gasteiger partial charge in [0, 0.05) is 19.3 Å². The molecule has 1 unspecified atom stereocenters. The third kappa shape index (κ3) is 62.2. The molecule has 76 heavy (non-hydrogen) atoms. The van der Waals surface area contributed by atoms with Gasteiger partial charge >= 0.3 is 17.9 Å². The molecule has 0 rings (SSSR count). The molecule has 0 spiro atoms. The molecule has 0 saturated heterocycles. The Morgan fingerprint density at radius 2 is 0.513 bits per heavy atom. The van der Waals surface area contributed by atoms with E-state index < -0.39 is 6.10 Å². The predicted molar refractivity (Wildman–Crippen MR) is 330 cm³/mol. The second-order valence-corrected chi connectivity index (χ2v) is 22.7. The van der Waals surface area contributed by atoms with Crippen molar-refractivity contribution in [1.29, 1.82) is 0 Å². The third-order valence-electron chi connectivity index (χ3n) is 15.1. The summed E-state index contributed by atoms with van der Waals surface area (Å²) in [7, 11) is 0. The Kier molecular flexibility index (Phi) is 62.6. The van der Waals surface area contributed by atoms with Crippen molar-refractivity contribution in [1.82, 2.24) is 0 Å². The zero-order valence-corrected chi connectivity index (χ0v) is 51.0. The summed E-state index contributed by atoms with van der Waals surface area (Å²) in [5.74, 6) is -0.950. The van der Waals surface area contributed by atoms with Gasteiger partial charge in [-0.25, -0.2) is 0 Å². The molecule has 0 saturated carbocycles. The van der Waals surface area contributed by atoms with Crippen LogP contribution in [0.15, 0.2) is 48.6 Å². The number of rotatable bonds is 62. The second kappa shape index (κ2) is 64.9. The molecule has 0 bridgehead atoms. The topological polar surface area (TPSA) is 78.9 Å². The van der Waals surface area contributed by atoms with Crippen molar-refractivity contribution in [3.63, 3.8) is 0 Å². The van der Waals surface area contributed by atoms with Gasteiger partial charge in [-0.3, -0.25) is 14.4 Å². The van der Waals surface area contributed by atoms with E-state index in [-0.39, 0.29) is 37.5 Å². The van der Waals surface area contributed by atoms with E-state index in [4.69, 9.17) is 14.2 Å². The van der Waals surface area contributed by atoms with Gasteiger partial charge in [-0.05, 0) is 44.9 Å². The number of carbonyl (C=O) groups excluding carboxylic acids is 3. The van der Waals surface area contributed by atoms with Gasteiger partial charge < -0.3 is 14.2 Å². The molecule has 0 aliphatic heterocycles. The van der Waals surface area contributed by atoms with E-state index in [1.165, 1.54) is 250 Å².